The summed E-state index contributed by atoms with van der Waals surface area (Å²) in [4.78, 5) is 37.6. The van der Waals surface area contributed by atoms with E-state index in [0.717, 1.165) is 4.90 Å². The first kappa shape index (κ1) is 16.9. The molecule has 0 radical (unpaired) electrons. The van der Waals surface area contributed by atoms with Gasteiger partial charge in [-0.3, -0.25) is 19.3 Å². The third kappa shape index (κ3) is 4.06. The van der Waals surface area contributed by atoms with Gasteiger partial charge in [-0.15, -0.1) is 0 Å². The molecule has 0 N–H and O–H groups in total. The third-order valence-electron chi connectivity index (χ3n) is 3.77. The summed E-state index contributed by atoms with van der Waals surface area (Å²) in [7, 11) is 2.98. The van der Waals surface area contributed by atoms with E-state index in [4.69, 9.17) is 4.74 Å². The Hall–Kier alpha value is -2.44. The SMILES string of the molecule is COc1ccc(CN(C)C(=O)CCN2C(=O)CCC2=O)cc1F. The Morgan fingerprint density at radius 2 is 1.96 bits per heavy atom. The maximum absolute atomic E-state index is 13.6. The first-order chi connectivity index (χ1) is 10.9. The second-order valence-electron chi connectivity index (χ2n) is 5.41. The van der Waals surface area contributed by atoms with E-state index in [1.807, 2.05) is 0 Å². The number of imide groups is 1. The summed E-state index contributed by atoms with van der Waals surface area (Å²) in [6, 6.07) is 4.50. The molecule has 124 valence electrons. The minimum Gasteiger partial charge on any atom is -0.494 e. The van der Waals surface area contributed by atoms with Crippen LogP contribution in [0.15, 0.2) is 18.2 Å². The fraction of sp³-hybridized carbons (Fsp3) is 0.438. The monoisotopic (exact) mass is 322 g/mol. The minimum atomic E-state index is -0.487. The number of halogens is 1. The number of carbonyl (C=O) groups excluding carboxylic acids is 3. The molecule has 1 aliphatic rings. The summed E-state index contributed by atoms with van der Waals surface area (Å²) in [6.07, 6.45) is 0.495. The molecule has 0 unspecified atom stereocenters. The Labute approximate surface area is 133 Å². The highest BCUT2D eigenvalue weighted by Gasteiger charge is 2.29. The highest BCUT2D eigenvalue weighted by Crippen LogP contribution is 2.19. The van der Waals surface area contributed by atoms with Crippen molar-refractivity contribution in [3.05, 3.63) is 29.6 Å². The molecular formula is C16H19FN2O4. The van der Waals surface area contributed by atoms with Crippen molar-refractivity contribution < 1.29 is 23.5 Å². The van der Waals surface area contributed by atoms with Crippen LogP contribution in [-0.2, 0) is 20.9 Å². The average molecular weight is 322 g/mol. The Morgan fingerprint density at radius 1 is 1.30 bits per heavy atom. The number of carbonyl (C=O) groups is 3. The van der Waals surface area contributed by atoms with E-state index in [1.54, 1.807) is 13.1 Å². The molecule has 0 aromatic heterocycles. The Bertz CT molecular complexity index is 617. The number of hydrogen-bond acceptors (Lipinski definition) is 4. The van der Waals surface area contributed by atoms with Gasteiger partial charge in [0.05, 0.1) is 7.11 Å². The lowest BCUT2D eigenvalue weighted by Crippen LogP contribution is -2.34. The quantitative estimate of drug-likeness (QED) is 0.741. The van der Waals surface area contributed by atoms with Gasteiger partial charge in [-0.2, -0.15) is 0 Å². The summed E-state index contributed by atoms with van der Waals surface area (Å²) in [6.45, 7) is 0.333. The van der Waals surface area contributed by atoms with Crippen molar-refractivity contribution in [2.75, 3.05) is 20.7 Å². The molecule has 23 heavy (non-hydrogen) atoms. The van der Waals surface area contributed by atoms with Crippen molar-refractivity contribution in [1.82, 2.24) is 9.80 Å². The molecule has 1 aromatic carbocycles. The molecule has 6 nitrogen and oxygen atoms in total. The molecule has 0 saturated carbocycles. The summed E-state index contributed by atoms with van der Waals surface area (Å²) in [5, 5.41) is 0. The summed E-state index contributed by atoms with van der Waals surface area (Å²) in [5.74, 6) is -1.02. The Balaban J connectivity index is 1.88. The maximum atomic E-state index is 13.6. The lowest BCUT2D eigenvalue weighted by atomic mass is 10.2. The second kappa shape index (κ2) is 7.21. The van der Waals surface area contributed by atoms with E-state index >= 15 is 0 Å². The summed E-state index contributed by atoms with van der Waals surface area (Å²) in [5.41, 5.74) is 0.632. The zero-order valence-corrected chi connectivity index (χ0v) is 13.2. The first-order valence-electron chi connectivity index (χ1n) is 7.32. The number of hydrogen-bond donors (Lipinski definition) is 0. The van der Waals surface area contributed by atoms with Crippen LogP contribution in [0.4, 0.5) is 4.39 Å². The number of likely N-dealkylation sites (tertiary alicyclic amines) is 1. The molecule has 3 amide bonds. The number of nitrogens with zero attached hydrogens (tertiary/aromatic N) is 2. The van der Waals surface area contributed by atoms with Crippen molar-refractivity contribution in [2.45, 2.75) is 25.8 Å². The van der Waals surface area contributed by atoms with Gasteiger partial charge in [0.2, 0.25) is 17.7 Å². The fourth-order valence-corrected chi connectivity index (χ4v) is 2.44. The standard InChI is InChI=1S/C16H19FN2O4/c1-18(10-11-3-4-13(23-2)12(17)9-11)14(20)7-8-19-15(21)5-6-16(19)22/h3-4,9H,5-8,10H2,1-2H3. The average Bonchev–Trinajstić information content (AvgIpc) is 2.83. The molecule has 1 aliphatic heterocycles. The van der Waals surface area contributed by atoms with E-state index in [9.17, 15) is 18.8 Å². The van der Waals surface area contributed by atoms with E-state index in [-0.39, 0.29) is 55.8 Å². The fourth-order valence-electron chi connectivity index (χ4n) is 2.44. The maximum Gasteiger partial charge on any atom is 0.229 e. The number of ether oxygens (including phenoxy) is 1. The van der Waals surface area contributed by atoms with Gasteiger partial charge in [0.15, 0.2) is 11.6 Å². The van der Waals surface area contributed by atoms with Crippen LogP contribution in [0.1, 0.15) is 24.8 Å². The predicted molar refractivity (Wildman–Crippen MR) is 80.0 cm³/mol. The van der Waals surface area contributed by atoms with Gasteiger partial charge in [0.25, 0.3) is 0 Å². The van der Waals surface area contributed by atoms with Crippen LogP contribution in [0, 0.1) is 5.82 Å². The Kier molecular flexibility index (Phi) is 5.31. The van der Waals surface area contributed by atoms with Crippen LogP contribution in [0.5, 0.6) is 5.75 Å². The molecule has 2 rings (SSSR count). The van der Waals surface area contributed by atoms with Crippen molar-refractivity contribution in [1.29, 1.82) is 0 Å². The zero-order valence-electron chi connectivity index (χ0n) is 13.2. The summed E-state index contributed by atoms with van der Waals surface area (Å²) < 4.78 is 18.5. The van der Waals surface area contributed by atoms with Gasteiger partial charge in [-0.25, -0.2) is 4.39 Å². The van der Waals surface area contributed by atoms with E-state index in [2.05, 4.69) is 0 Å². The lowest BCUT2D eigenvalue weighted by molar-refractivity contribution is -0.139. The van der Waals surface area contributed by atoms with Gasteiger partial charge in [0.1, 0.15) is 0 Å². The number of methoxy groups -OCH3 is 1. The van der Waals surface area contributed by atoms with Crippen LogP contribution in [0.3, 0.4) is 0 Å². The molecule has 1 saturated heterocycles. The van der Waals surface area contributed by atoms with Crippen molar-refractivity contribution in [2.24, 2.45) is 0 Å². The molecule has 7 heteroatoms. The van der Waals surface area contributed by atoms with Crippen LogP contribution < -0.4 is 4.74 Å². The molecule has 1 fully saturated rings. The van der Waals surface area contributed by atoms with Gasteiger partial charge < -0.3 is 9.64 Å². The highest BCUT2D eigenvalue weighted by atomic mass is 19.1. The topological polar surface area (TPSA) is 66.9 Å². The van der Waals surface area contributed by atoms with E-state index in [1.165, 1.54) is 24.1 Å². The van der Waals surface area contributed by atoms with Crippen LogP contribution in [0.25, 0.3) is 0 Å². The Morgan fingerprint density at radius 3 is 2.52 bits per heavy atom. The molecule has 1 heterocycles. The number of amides is 3. The van der Waals surface area contributed by atoms with Crippen LogP contribution >= 0.6 is 0 Å². The second-order valence-corrected chi connectivity index (χ2v) is 5.41. The minimum absolute atomic E-state index is 0.0621. The normalized spacial score (nSPS) is 14.3. The largest absolute Gasteiger partial charge is 0.494 e. The first-order valence-corrected chi connectivity index (χ1v) is 7.32. The van der Waals surface area contributed by atoms with Crippen LogP contribution in [-0.4, -0.2) is 48.2 Å². The van der Waals surface area contributed by atoms with Gasteiger partial charge in [0, 0.05) is 39.4 Å². The molecule has 0 spiro atoms. The van der Waals surface area contributed by atoms with E-state index in [0.29, 0.717) is 5.56 Å². The smallest absolute Gasteiger partial charge is 0.229 e. The van der Waals surface area contributed by atoms with Gasteiger partial charge in [-0.05, 0) is 17.7 Å². The van der Waals surface area contributed by atoms with Crippen molar-refractivity contribution >= 4 is 17.7 Å². The number of benzene rings is 1. The zero-order chi connectivity index (χ0) is 17.0. The van der Waals surface area contributed by atoms with Crippen LogP contribution in [0.2, 0.25) is 0 Å². The molecule has 0 bridgehead atoms. The predicted octanol–water partition coefficient (Wildman–Crippen LogP) is 1.33. The highest BCUT2D eigenvalue weighted by molar-refractivity contribution is 6.02. The number of rotatable bonds is 6. The summed E-state index contributed by atoms with van der Waals surface area (Å²) >= 11 is 0. The van der Waals surface area contributed by atoms with E-state index < -0.39 is 5.82 Å². The molecule has 0 aliphatic carbocycles. The van der Waals surface area contributed by atoms with Crippen molar-refractivity contribution in [3.63, 3.8) is 0 Å². The van der Waals surface area contributed by atoms with Gasteiger partial charge in [-0.1, -0.05) is 6.07 Å². The lowest BCUT2D eigenvalue weighted by Gasteiger charge is -2.19. The molecule has 0 atom stereocenters. The third-order valence-corrected chi connectivity index (χ3v) is 3.77. The van der Waals surface area contributed by atoms with Crippen molar-refractivity contribution in [3.8, 4) is 5.75 Å². The van der Waals surface area contributed by atoms with Gasteiger partial charge >= 0.3 is 0 Å². The molecule has 1 aromatic rings. The molecular weight excluding hydrogens is 303 g/mol.